The van der Waals surface area contributed by atoms with Crippen molar-refractivity contribution in [3.05, 3.63) is 17.5 Å². The number of piperidine rings is 1. The van der Waals surface area contributed by atoms with Crippen LogP contribution in [-0.2, 0) is 4.79 Å². The van der Waals surface area contributed by atoms with Crippen molar-refractivity contribution in [1.82, 2.24) is 10.1 Å². The minimum Gasteiger partial charge on any atom is -0.480 e. The highest BCUT2D eigenvalue weighted by Crippen LogP contribution is 2.30. The first-order valence-corrected chi connectivity index (χ1v) is 5.93. The molecule has 1 atom stereocenters. The van der Waals surface area contributed by atoms with E-state index < -0.39 is 11.5 Å². The molecule has 1 N–H and O–H groups in total. The average molecular weight is 252 g/mol. The number of likely N-dealkylation sites (tertiary alicyclic amines) is 1. The number of hydrogen-bond donors (Lipinski definition) is 1. The van der Waals surface area contributed by atoms with Gasteiger partial charge in [-0.3, -0.25) is 4.79 Å². The smallest absolute Gasteiger partial charge is 0.329 e. The highest BCUT2D eigenvalue weighted by molar-refractivity contribution is 5.98. The third-order valence-corrected chi connectivity index (χ3v) is 3.58. The van der Waals surface area contributed by atoms with E-state index >= 15 is 0 Å². The van der Waals surface area contributed by atoms with Crippen molar-refractivity contribution in [3.63, 3.8) is 0 Å². The first kappa shape index (κ1) is 12.6. The van der Waals surface area contributed by atoms with Gasteiger partial charge >= 0.3 is 5.97 Å². The third-order valence-electron chi connectivity index (χ3n) is 3.58. The molecule has 1 fully saturated rings. The van der Waals surface area contributed by atoms with Crippen LogP contribution in [0.4, 0.5) is 0 Å². The van der Waals surface area contributed by atoms with Crippen molar-refractivity contribution >= 4 is 11.9 Å². The second kappa shape index (κ2) is 4.44. The number of rotatable bonds is 2. The second-order valence-corrected chi connectivity index (χ2v) is 4.79. The van der Waals surface area contributed by atoms with Crippen molar-refractivity contribution in [2.75, 3.05) is 6.54 Å². The fraction of sp³-hybridized carbons (Fsp3) is 0.583. The molecule has 2 heterocycles. The summed E-state index contributed by atoms with van der Waals surface area (Å²) in [7, 11) is 0. The highest BCUT2D eigenvalue weighted by Gasteiger charge is 2.44. The predicted molar refractivity (Wildman–Crippen MR) is 62.2 cm³/mol. The van der Waals surface area contributed by atoms with E-state index in [2.05, 4.69) is 5.16 Å². The minimum atomic E-state index is -1.14. The van der Waals surface area contributed by atoms with Crippen molar-refractivity contribution in [1.29, 1.82) is 0 Å². The number of nitrogens with zero attached hydrogens (tertiary/aromatic N) is 2. The lowest BCUT2D eigenvalue weighted by atomic mass is 9.88. The zero-order valence-corrected chi connectivity index (χ0v) is 10.5. The summed E-state index contributed by atoms with van der Waals surface area (Å²) in [5.41, 5.74) is -0.802. The molecule has 1 amide bonds. The Hall–Kier alpha value is -1.85. The molecule has 1 unspecified atom stereocenters. The Morgan fingerprint density at radius 2 is 2.22 bits per heavy atom. The van der Waals surface area contributed by atoms with E-state index in [0.29, 0.717) is 24.3 Å². The molecule has 0 bridgehead atoms. The molecule has 1 aromatic rings. The molecule has 1 aromatic heterocycles. The molecule has 98 valence electrons. The molecule has 1 saturated heterocycles. The average Bonchev–Trinajstić information content (AvgIpc) is 2.75. The second-order valence-electron chi connectivity index (χ2n) is 4.79. The molecule has 0 aromatic carbocycles. The number of carboxylic acids is 1. The lowest BCUT2D eigenvalue weighted by Crippen LogP contribution is -2.57. The predicted octanol–water partition coefficient (Wildman–Crippen LogP) is 1.45. The van der Waals surface area contributed by atoms with Crippen LogP contribution < -0.4 is 0 Å². The van der Waals surface area contributed by atoms with Crippen LogP contribution in [0.5, 0.6) is 0 Å². The van der Waals surface area contributed by atoms with Gasteiger partial charge in [0.2, 0.25) is 0 Å². The fourth-order valence-electron chi connectivity index (χ4n) is 2.32. The summed E-state index contributed by atoms with van der Waals surface area (Å²) in [6.45, 7) is 3.68. The number of carbonyl (C=O) groups is 2. The van der Waals surface area contributed by atoms with E-state index in [1.807, 2.05) is 0 Å². The van der Waals surface area contributed by atoms with E-state index in [1.54, 1.807) is 13.8 Å². The maximum atomic E-state index is 12.4. The van der Waals surface area contributed by atoms with E-state index in [-0.39, 0.29) is 5.91 Å². The Kier molecular flexibility index (Phi) is 3.11. The minimum absolute atomic E-state index is 0.321. The van der Waals surface area contributed by atoms with Crippen LogP contribution in [0.2, 0.25) is 0 Å². The van der Waals surface area contributed by atoms with Gasteiger partial charge in [-0.15, -0.1) is 0 Å². The van der Waals surface area contributed by atoms with E-state index in [4.69, 9.17) is 4.52 Å². The summed E-state index contributed by atoms with van der Waals surface area (Å²) in [5.74, 6) is -0.874. The largest absolute Gasteiger partial charge is 0.480 e. The Bertz CT molecular complexity index is 482. The fourth-order valence-corrected chi connectivity index (χ4v) is 2.32. The van der Waals surface area contributed by atoms with Crippen LogP contribution in [0.3, 0.4) is 0 Å². The number of aryl methyl sites for hydroxylation is 1. The Morgan fingerprint density at radius 1 is 1.50 bits per heavy atom. The molecule has 6 nitrogen and oxygen atoms in total. The molecule has 0 aliphatic carbocycles. The van der Waals surface area contributed by atoms with Gasteiger partial charge in [0.1, 0.15) is 16.9 Å². The lowest BCUT2D eigenvalue weighted by Gasteiger charge is -2.41. The van der Waals surface area contributed by atoms with Gasteiger partial charge in [0, 0.05) is 6.54 Å². The number of amides is 1. The standard InChI is InChI=1S/C12H16N2O4/c1-8-9(7-13-18-8)10(15)14-6-4-3-5-12(14,2)11(16)17/h7H,3-6H2,1-2H3,(H,16,17). The van der Waals surface area contributed by atoms with Crippen LogP contribution in [0, 0.1) is 6.92 Å². The van der Waals surface area contributed by atoms with E-state index in [1.165, 1.54) is 11.1 Å². The Morgan fingerprint density at radius 3 is 2.78 bits per heavy atom. The number of hydrogen-bond acceptors (Lipinski definition) is 4. The molecule has 1 aliphatic heterocycles. The Labute approximate surface area is 105 Å². The van der Waals surface area contributed by atoms with Gasteiger partial charge in [-0.25, -0.2) is 4.79 Å². The summed E-state index contributed by atoms with van der Waals surface area (Å²) in [5, 5.41) is 12.9. The van der Waals surface area contributed by atoms with Gasteiger partial charge in [0.05, 0.1) is 6.20 Å². The van der Waals surface area contributed by atoms with E-state index in [0.717, 1.165) is 12.8 Å². The summed E-state index contributed by atoms with van der Waals surface area (Å²) >= 11 is 0. The molecule has 1 aliphatic rings. The van der Waals surface area contributed by atoms with Crippen LogP contribution in [-0.4, -0.2) is 39.1 Å². The number of carbonyl (C=O) groups excluding carboxylic acids is 1. The molecule has 0 radical (unpaired) electrons. The zero-order valence-electron chi connectivity index (χ0n) is 10.5. The van der Waals surface area contributed by atoms with Crippen LogP contribution in [0.25, 0.3) is 0 Å². The van der Waals surface area contributed by atoms with Gasteiger partial charge in [-0.1, -0.05) is 5.16 Å². The van der Waals surface area contributed by atoms with Gasteiger partial charge in [0.15, 0.2) is 0 Å². The van der Waals surface area contributed by atoms with Crippen molar-refractivity contribution in [2.24, 2.45) is 0 Å². The van der Waals surface area contributed by atoms with Gasteiger partial charge in [-0.2, -0.15) is 0 Å². The first-order valence-electron chi connectivity index (χ1n) is 5.93. The zero-order chi connectivity index (χ0) is 13.3. The third kappa shape index (κ3) is 1.87. The summed E-state index contributed by atoms with van der Waals surface area (Å²) in [6, 6.07) is 0. The van der Waals surface area contributed by atoms with Crippen LogP contribution in [0.15, 0.2) is 10.7 Å². The maximum absolute atomic E-state index is 12.4. The van der Waals surface area contributed by atoms with Gasteiger partial charge in [0.25, 0.3) is 5.91 Å². The molecule has 0 spiro atoms. The quantitative estimate of drug-likeness (QED) is 0.861. The van der Waals surface area contributed by atoms with E-state index in [9.17, 15) is 14.7 Å². The topological polar surface area (TPSA) is 83.6 Å². The van der Waals surface area contributed by atoms with Crippen molar-refractivity contribution < 1.29 is 19.2 Å². The van der Waals surface area contributed by atoms with Crippen molar-refractivity contribution in [2.45, 2.75) is 38.6 Å². The Balaban J connectivity index is 2.33. The highest BCUT2D eigenvalue weighted by atomic mass is 16.5. The lowest BCUT2D eigenvalue weighted by molar-refractivity contribution is -0.150. The summed E-state index contributed by atoms with van der Waals surface area (Å²) in [6.07, 6.45) is 3.45. The molecular formula is C12H16N2O4. The summed E-state index contributed by atoms with van der Waals surface area (Å²) < 4.78 is 4.86. The number of carboxylic acid groups (broad SMARTS) is 1. The molecular weight excluding hydrogens is 236 g/mol. The maximum Gasteiger partial charge on any atom is 0.329 e. The first-order chi connectivity index (χ1) is 8.47. The molecule has 6 heteroatoms. The van der Waals surface area contributed by atoms with Gasteiger partial charge in [-0.05, 0) is 33.1 Å². The molecule has 18 heavy (non-hydrogen) atoms. The van der Waals surface area contributed by atoms with Crippen LogP contribution in [0.1, 0.15) is 42.3 Å². The monoisotopic (exact) mass is 252 g/mol. The SMILES string of the molecule is Cc1oncc1C(=O)N1CCCCC1(C)C(=O)O. The van der Waals surface area contributed by atoms with Gasteiger partial charge < -0.3 is 14.5 Å². The van der Waals surface area contributed by atoms with Crippen LogP contribution >= 0.6 is 0 Å². The number of aromatic nitrogens is 1. The summed E-state index contributed by atoms with van der Waals surface area (Å²) in [4.78, 5) is 25.2. The molecule has 0 saturated carbocycles. The van der Waals surface area contributed by atoms with Crippen molar-refractivity contribution in [3.8, 4) is 0 Å². The normalized spacial score (nSPS) is 24.0. The molecule has 2 rings (SSSR count). The number of aliphatic carboxylic acids is 1.